The van der Waals surface area contributed by atoms with Crippen LogP contribution in [-0.4, -0.2) is 54.1 Å². The Bertz CT molecular complexity index is 869. The molecule has 0 aliphatic rings. The van der Waals surface area contributed by atoms with E-state index in [2.05, 4.69) is 30.5 Å². The Labute approximate surface area is 159 Å². The summed E-state index contributed by atoms with van der Waals surface area (Å²) in [5.74, 6) is 2.00. The first-order valence-corrected chi connectivity index (χ1v) is 8.74. The second kappa shape index (κ2) is 8.95. The molecule has 0 saturated heterocycles. The Kier molecular flexibility index (Phi) is 6.17. The highest BCUT2D eigenvalue weighted by molar-refractivity contribution is 5.69. The van der Waals surface area contributed by atoms with Crippen LogP contribution in [0.15, 0.2) is 54.9 Å². The fraction of sp³-hybridized carbons (Fsp3) is 0.250. The Hall–Kier alpha value is -3.19. The van der Waals surface area contributed by atoms with Crippen LogP contribution in [0, 0.1) is 0 Å². The molecule has 3 aromatic rings. The molecule has 0 radical (unpaired) electrons. The van der Waals surface area contributed by atoms with Crippen molar-refractivity contribution in [1.29, 1.82) is 0 Å². The van der Waals surface area contributed by atoms with Crippen LogP contribution in [0.4, 0.5) is 17.5 Å². The zero-order valence-electron chi connectivity index (χ0n) is 15.8. The van der Waals surface area contributed by atoms with Gasteiger partial charge < -0.3 is 20.3 Å². The topological polar surface area (TPSA) is 75.2 Å². The highest BCUT2D eigenvalue weighted by atomic mass is 16.5. The molecule has 0 aliphatic carbocycles. The molecule has 2 N–H and O–H groups in total. The molecule has 7 heteroatoms. The zero-order chi connectivity index (χ0) is 19.1. The SMILES string of the molecule is COc1ccccc1Nc1cc(-c2cccnc2)nc(NCCN(C)C)n1. The lowest BCUT2D eigenvalue weighted by Crippen LogP contribution is -2.21. The Morgan fingerprint density at radius 1 is 1.07 bits per heavy atom. The number of nitrogens with one attached hydrogen (secondary N) is 2. The highest BCUT2D eigenvalue weighted by Crippen LogP contribution is 2.28. The van der Waals surface area contributed by atoms with Gasteiger partial charge in [0.1, 0.15) is 11.6 Å². The van der Waals surface area contributed by atoms with Gasteiger partial charge in [0.15, 0.2) is 0 Å². The summed E-state index contributed by atoms with van der Waals surface area (Å²) in [5, 5.41) is 6.61. The molecule has 0 fully saturated rings. The minimum absolute atomic E-state index is 0.565. The van der Waals surface area contributed by atoms with Crippen LogP contribution in [0.1, 0.15) is 0 Å². The molecule has 0 atom stereocenters. The monoisotopic (exact) mass is 364 g/mol. The second-order valence-electron chi connectivity index (χ2n) is 6.26. The minimum Gasteiger partial charge on any atom is -0.495 e. The Balaban J connectivity index is 1.91. The van der Waals surface area contributed by atoms with Crippen molar-refractivity contribution in [1.82, 2.24) is 19.9 Å². The van der Waals surface area contributed by atoms with E-state index in [1.807, 2.05) is 56.6 Å². The largest absolute Gasteiger partial charge is 0.495 e. The van der Waals surface area contributed by atoms with Crippen molar-refractivity contribution in [3.8, 4) is 17.0 Å². The molecule has 27 heavy (non-hydrogen) atoms. The van der Waals surface area contributed by atoms with E-state index in [9.17, 15) is 0 Å². The van der Waals surface area contributed by atoms with E-state index in [0.29, 0.717) is 11.8 Å². The molecule has 0 spiro atoms. The molecule has 0 aliphatic heterocycles. The Morgan fingerprint density at radius 2 is 1.93 bits per heavy atom. The number of rotatable bonds is 8. The van der Waals surface area contributed by atoms with E-state index >= 15 is 0 Å². The van der Waals surface area contributed by atoms with E-state index in [-0.39, 0.29) is 0 Å². The number of ether oxygens (including phenoxy) is 1. The summed E-state index contributed by atoms with van der Waals surface area (Å²) in [6.07, 6.45) is 3.54. The molecular weight excluding hydrogens is 340 g/mol. The van der Waals surface area contributed by atoms with Crippen LogP contribution in [0.25, 0.3) is 11.3 Å². The predicted octanol–water partition coefficient (Wildman–Crippen LogP) is 3.26. The van der Waals surface area contributed by atoms with Crippen molar-refractivity contribution in [2.45, 2.75) is 0 Å². The van der Waals surface area contributed by atoms with E-state index < -0.39 is 0 Å². The van der Waals surface area contributed by atoms with Crippen LogP contribution in [-0.2, 0) is 0 Å². The van der Waals surface area contributed by atoms with Crippen molar-refractivity contribution < 1.29 is 4.74 Å². The lowest BCUT2D eigenvalue weighted by molar-refractivity contribution is 0.417. The third kappa shape index (κ3) is 5.15. The smallest absolute Gasteiger partial charge is 0.225 e. The average molecular weight is 364 g/mol. The first-order chi connectivity index (χ1) is 13.2. The lowest BCUT2D eigenvalue weighted by Gasteiger charge is -2.14. The molecule has 0 unspecified atom stereocenters. The number of hydrogen-bond acceptors (Lipinski definition) is 7. The van der Waals surface area contributed by atoms with Crippen molar-refractivity contribution in [2.75, 3.05) is 44.9 Å². The molecule has 7 nitrogen and oxygen atoms in total. The van der Waals surface area contributed by atoms with Gasteiger partial charge >= 0.3 is 0 Å². The summed E-state index contributed by atoms with van der Waals surface area (Å²) < 4.78 is 5.42. The lowest BCUT2D eigenvalue weighted by atomic mass is 10.2. The molecule has 3 rings (SSSR count). The second-order valence-corrected chi connectivity index (χ2v) is 6.26. The summed E-state index contributed by atoms with van der Waals surface area (Å²) in [7, 11) is 5.71. The molecule has 0 bridgehead atoms. The maximum absolute atomic E-state index is 5.42. The van der Waals surface area contributed by atoms with Gasteiger partial charge in [-0.2, -0.15) is 4.98 Å². The van der Waals surface area contributed by atoms with Crippen LogP contribution in [0.2, 0.25) is 0 Å². The number of benzene rings is 1. The van der Waals surface area contributed by atoms with E-state index in [4.69, 9.17) is 4.74 Å². The summed E-state index contributed by atoms with van der Waals surface area (Å²) >= 11 is 0. The number of hydrogen-bond donors (Lipinski definition) is 2. The van der Waals surface area contributed by atoms with Crippen LogP contribution in [0.5, 0.6) is 5.75 Å². The summed E-state index contributed by atoms with van der Waals surface area (Å²) in [5.41, 5.74) is 2.57. The third-order valence-electron chi connectivity index (χ3n) is 3.90. The molecule has 0 saturated carbocycles. The molecule has 2 heterocycles. The van der Waals surface area contributed by atoms with Gasteiger partial charge in [0.2, 0.25) is 5.95 Å². The number of para-hydroxylation sites is 2. The van der Waals surface area contributed by atoms with Gasteiger partial charge in [-0.05, 0) is 38.4 Å². The fourth-order valence-electron chi connectivity index (χ4n) is 2.53. The normalized spacial score (nSPS) is 10.7. The maximum Gasteiger partial charge on any atom is 0.225 e. The van der Waals surface area contributed by atoms with Gasteiger partial charge in [-0.25, -0.2) is 4.98 Å². The first-order valence-electron chi connectivity index (χ1n) is 8.74. The maximum atomic E-state index is 5.42. The predicted molar refractivity (Wildman–Crippen MR) is 109 cm³/mol. The Morgan fingerprint density at radius 3 is 2.67 bits per heavy atom. The van der Waals surface area contributed by atoms with Crippen molar-refractivity contribution in [2.24, 2.45) is 0 Å². The van der Waals surface area contributed by atoms with Crippen molar-refractivity contribution in [3.63, 3.8) is 0 Å². The number of nitrogens with zero attached hydrogens (tertiary/aromatic N) is 4. The summed E-state index contributed by atoms with van der Waals surface area (Å²) in [6.45, 7) is 1.63. The fourth-order valence-corrected chi connectivity index (χ4v) is 2.53. The standard InChI is InChI=1S/C20H24N6O/c1-26(2)12-11-22-20-24-17(15-7-6-10-21-14-15)13-19(25-20)23-16-8-4-5-9-18(16)27-3/h4-10,13-14H,11-12H2,1-3H3,(H2,22,23,24,25). The zero-order valence-corrected chi connectivity index (χ0v) is 15.8. The van der Waals surface area contributed by atoms with Gasteiger partial charge in [0, 0.05) is 37.1 Å². The average Bonchev–Trinajstić information content (AvgIpc) is 2.69. The molecule has 1 aromatic carbocycles. The number of likely N-dealkylation sites (N-methyl/N-ethyl adjacent to an activating group) is 1. The molecular formula is C20H24N6O. The number of aromatic nitrogens is 3. The third-order valence-corrected chi connectivity index (χ3v) is 3.90. The van der Waals surface area contributed by atoms with Crippen LogP contribution < -0.4 is 15.4 Å². The quantitative estimate of drug-likeness (QED) is 0.635. The molecule has 0 amide bonds. The summed E-state index contributed by atoms with van der Waals surface area (Å²) in [4.78, 5) is 15.5. The van der Waals surface area contributed by atoms with Gasteiger partial charge in [-0.1, -0.05) is 12.1 Å². The van der Waals surface area contributed by atoms with Crippen molar-refractivity contribution in [3.05, 3.63) is 54.9 Å². The van der Waals surface area contributed by atoms with Gasteiger partial charge in [0.05, 0.1) is 18.5 Å². The minimum atomic E-state index is 0.565. The van der Waals surface area contributed by atoms with Crippen molar-refractivity contribution >= 4 is 17.5 Å². The van der Waals surface area contributed by atoms with Crippen LogP contribution >= 0.6 is 0 Å². The van der Waals surface area contributed by atoms with Gasteiger partial charge in [-0.3, -0.25) is 4.98 Å². The number of pyridine rings is 1. The van der Waals surface area contributed by atoms with Gasteiger partial charge in [0.25, 0.3) is 0 Å². The summed E-state index contributed by atoms with van der Waals surface area (Å²) in [6, 6.07) is 13.5. The van der Waals surface area contributed by atoms with E-state index in [1.165, 1.54) is 0 Å². The molecule has 2 aromatic heterocycles. The highest BCUT2D eigenvalue weighted by Gasteiger charge is 2.09. The van der Waals surface area contributed by atoms with Crippen LogP contribution in [0.3, 0.4) is 0 Å². The number of methoxy groups -OCH3 is 1. The van der Waals surface area contributed by atoms with Gasteiger partial charge in [-0.15, -0.1) is 0 Å². The van der Waals surface area contributed by atoms with E-state index in [1.54, 1.807) is 19.5 Å². The van der Waals surface area contributed by atoms with E-state index in [0.717, 1.165) is 35.8 Å². The number of anilines is 3. The first kappa shape index (κ1) is 18.6. The molecule has 140 valence electrons.